The highest BCUT2D eigenvalue weighted by molar-refractivity contribution is 6.35. The van der Waals surface area contributed by atoms with Gasteiger partial charge < -0.3 is 13.9 Å². The Hall–Kier alpha value is -2.57. The minimum Gasteiger partial charge on any atom is -0.462 e. The molecule has 0 fully saturated rings. The molecule has 0 radical (unpaired) electrons. The highest BCUT2D eigenvalue weighted by atomic mass is 35.5. The second-order valence-corrected chi connectivity index (χ2v) is 9.32. The normalized spacial score (nSPS) is 18.5. The van der Waals surface area contributed by atoms with E-state index in [-0.39, 0.29) is 17.8 Å². The smallest absolute Gasteiger partial charge is 0.336 e. The number of rotatable bonds is 6. The van der Waals surface area contributed by atoms with Crippen LogP contribution in [0.5, 0.6) is 0 Å². The van der Waals surface area contributed by atoms with E-state index in [9.17, 15) is 9.59 Å². The van der Waals surface area contributed by atoms with Crippen molar-refractivity contribution in [2.75, 3.05) is 0 Å². The van der Waals surface area contributed by atoms with Crippen molar-refractivity contribution >= 4 is 40.9 Å². The van der Waals surface area contributed by atoms with Gasteiger partial charge in [-0.3, -0.25) is 9.79 Å². The highest BCUT2D eigenvalue weighted by Crippen LogP contribution is 2.43. The van der Waals surface area contributed by atoms with Gasteiger partial charge in [0.15, 0.2) is 0 Å². The number of carbonyl (C=O) groups excluding carboxylic acids is 2. The maximum absolute atomic E-state index is 13.1. The number of nitrogens with zero attached hydrogens (tertiary/aromatic N) is 1. The van der Waals surface area contributed by atoms with Crippen LogP contribution in [0.2, 0.25) is 10.0 Å². The number of benzene rings is 1. The van der Waals surface area contributed by atoms with Crippen molar-refractivity contribution in [3.8, 4) is 11.3 Å². The van der Waals surface area contributed by atoms with E-state index in [1.165, 1.54) is 0 Å². The summed E-state index contributed by atoms with van der Waals surface area (Å²) in [6.07, 6.45) is -0.676. The average Bonchev–Trinajstić information content (AvgIpc) is 3.17. The van der Waals surface area contributed by atoms with Crippen LogP contribution in [-0.4, -0.2) is 29.9 Å². The molecule has 6 nitrogen and oxygen atoms in total. The van der Waals surface area contributed by atoms with Crippen molar-refractivity contribution in [3.63, 3.8) is 0 Å². The molecule has 0 N–H and O–H groups in total. The molecular formula is C25H27Cl2NO5. The Morgan fingerprint density at radius 1 is 1.00 bits per heavy atom. The monoisotopic (exact) mass is 491 g/mol. The molecule has 0 amide bonds. The molecule has 0 spiro atoms. The third-order valence-corrected chi connectivity index (χ3v) is 5.69. The van der Waals surface area contributed by atoms with Crippen LogP contribution in [0.3, 0.4) is 0 Å². The molecule has 33 heavy (non-hydrogen) atoms. The zero-order valence-electron chi connectivity index (χ0n) is 19.4. The number of aliphatic imine (C=N–C) groups is 1. The third kappa shape index (κ3) is 5.50. The predicted octanol–water partition coefficient (Wildman–Crippen LogP) is 6.60. The molecule has 2 heterocycles. The van der Waals surface area contributed by atoms with Gasteiger partial charge in [-0.25, -0.2) is 4.79 Å². The molecule has 3 rings (SSSR count). The van der Waals surface area contributed by atoms with E-state index in [2.05, 4.69) is 4.99 Å². The fourth-order valence-corrected chi connectivity index (χ4v) is 4.23. The summed E-state index contributed by atoms with van der Waals surface area (Å²) in [6, 6.07) is 8.51. The first-order valence-corrected chi connectivity index (χ1v) is 11.5. The van der Waals surface area contributed by atoms with Crippen molar-refractivity contribution in [1.82, 2.24) is 0 Å². The van der Waals surface area contributed by atoms with Gasteiger partial charge in [-0.1, -0.05) is 23.2 Å². The lowest BCUT2D eigenvalue weighted by molar-refractivity contribution is -0.150. The summed E-state index contributed by atoms with van der Waals surface area (Å²) in [4.78, 5) is 30.7. The lowest BCUT2D eigenvalue weighted by atomic mass is 9.78. The van der Waals surface area contributed by atoms with Gasteiger partial charge in [-0.05, 0) is 71.9 Å². The zero-order valence-corrected chi connectivity index (χ0v) is 21.0. The summed E-state index contributed by atoms with van der Waals surface area (Å²) in [6.45, 7) is 10.5. The minimum absolute atomic E-state index is 0.262. The maximum Gasteiger partial charge on any atom is 0.336 e. The molecule has 0 bridgehead atoms. The van der Waals surface area contributed by atoms with Gasteiger partial charge in [-0.2, -0.15) is 0 Å². The van der Waals surface area contributed by atoms with E-state index in [0.29, 0.717) is 38.5 Å². The lowest BCUT2D eigenvalue weighted by Gasteiger charge is -2.30. The van der Waals surface area contributed by atoms with Crippen molar-refractivity contribution in [3.05, 3.63) is 57.4 Å². The first kappa shape index (κ1) is 25.1. The number of furan rings is 1. The Labute approximate surface area is 203 Å². The highest BCUT2D eigenvalue weighted by Gasteiger charge is 2.44. The molecule has 0 saturated heterocycles. The number of allylic oxidation sites excluding steroid dienone is 1. The Morgan fingerprint density at radius 2 is 1.67 bits per heavy atom. The molecule has 2 atom stereocenters. The molecule has 0 saturated carbocycles. The first-order valence-electron chi connectivity index (χ1n) is 10.7. The molecule has 1 aliphatic heterocycles. The van der Waals surface area contributed by atoms with E-state index in [1.54, 1.807) is 71.9 Å². The molecule has 1 aromatic heterocycles. The Morgan fingerprint density at radius 3 is 2.30 bits per heavy atom. The first-order chi connectivity index (χ1) is 15.5. The van der Waals surface area contributed by atoms with E-state index in [0.717, 1.165) is 0 Å². The van der Waals surface area contributed by atoms with Crippen molar-refractivity contribution < 1.29 is 23.5 Å². The summed E-state index contributed by atoms with van der Waals surface area (Å²) >= 11 is 12.5. The minimum atomic E-state index is -0.848. The predicted molar refractivity (Wildman–Crippen MR) is 129 cm³/mol. The van der Waals surface area contributed by atoms with Crippen LogP contribution < -0.4 is 0 Å². The average molecular weight is 492 g/mol. The maximum atomic E-state index is 13.1. The third-order valence-electron chi connectivity index (χ3n) is 5.12. The molecule has 176 valence electrons. The Bertz CT molecular complexity index is 1130. The van der Waals surface area contributed by atoms with Crippen LogP contribution in [0, 0.1) is 5.92 Å². The zero-order chi connectivity index (χ0) is 24.4. The van der Waals surface area contributed by atoms with Gasteiger partial charge in [0.25, 0.3) is 0 Å². The molecular weight excluding hydrogens is 465 g/mol. The molecule has 1 unspecified atom stereocenters. The summed E-state index contributed by atoms with van der Waals surface area (Å²) in [7, 11) is 0. The summed E-state index contributed by atoms with van der Waals surface area (Å²) < 4.78 is 17.2. The molecule has 2 aromatic rings. The fourth-order valence-electron chi connectivity index (χ4n) is 3.85. The van der Waals surface area contributed by atoms with Gasteiger partial charge in [-0.15, -0.1) is 0 Å². The SMILES string of the molecule is CC1=NC(C)=C(C(=O)OC(C)C)[C@H](c2ccc(-c3cc(Cl)ccc3Cl)o2)C1C(=O)OC(C)C. The van der Waals surface area contributed by atoms with E-state index in [4.69, 9.17) is 37.1 Å². The van der Waals surface area contributed by atoms with Crippen LogP contribution in [-0.2, 0) is 19.1 Å². The summed E-state index contributed by atoms with van der Waals surface area (Å²) in [5.74, 6) is -1.80. The summed E-state index contributed by atoms with van der Waals surface area (Å²) in [5.41, 5.74) is 1.86. The van der Waals surface area contributed by atoms with E-state index < -0.39 is 23.8 Å². The fraction of sp³-hybridized carbons (Fsp3) is 0.400. The number of halogens is 2. The van der Waals surface area contributed by atoms with Gasteiger partial charge in [0.05, 0.1) is 28.7 Å². The van der Waals surface area contributed by atoms with Gasteiger partial charge in [0, 0.05) is 22.0 Å². The lowest BCUT2D eigenvalue weighted by Crippen LogP contribution is -2.37. The van der Waals surface area contributed by atoms with Crippen LogP contribution in [0.15, 0.2) is 51.0 Å². The molecule has 8 heteroatoms. The van der Waals surface area contributed by atoms with Crippen molar-refractivity contribution in [2.24, 2.45) is 10.9 Å². The molecule has 1 aromatic carbocycles. The van der Waals surface area contributed by atoms with Gasteiger partial charge >= 0.3 is 11.9 Å². The number of ether oxygens (including phenoxy) is 2. The van der Waals surface area contributed by atoms with E-state index in [1.807, 2.05) is 0 Å². The Balaban J connectivity index is 2.14. The topological polar surface area (TPSA) is 78.1 Å². The standard InChI is InChI=1S/C25H27Cl2NO5/c1-12(2)31-24(29)21-14(5)28-15(6)22(25(30)32-13(3)4)23(21)20-10-9-19(33-20)17-11-16(26)7-8-18(17)27/h7-13,21,23H,1-6H3/t21?,23-/m1/s1. The molecule has 1 aliphatic rings. The van der Waals surface area contributed by atoms with Gasteiger partial charge in [0.2, 0.25) is 0 Å². The number of carbonyl (C=O) groups is 2. The molecule has 0 aliphatic carbocycles. The summed E-state index contributed by atoms with van der Waals surface area (Å²) in [5, 5.41) is 0.965. The number of hydrogen-bond acceptors (Lipinski definition) is 6. The van der Waals surface area contributed by atoms with Crippen molar-refractivity contribution in [2.45, 2.75) is 59.7 Å². The second-order valence-electron chi connectivity index (χ2n) is 8.47. The van der Waals surface area contributed by atoms with Gasteiger partial charge in [0.1, 0.15) is 17.4 Å². The Kier molecular flexibility index (Phi) is 7.70. The largest absolute Gasteiger partial charge is 0.462 e. The second kappa shape index (κ2) is 10.1. The van der Waals surface area contributed by atoms with E-state index >= 15 is 0 Å². The van der Waals surface area contributed by atoms with Crippen LogP contribution in [0.25, 0.3) is 11.3 Å². The van der Waals surface area contributed by atoms with Crippen LogP contribution in [0.1, 0.15) is 53.2 Å². The number of hydrogen-bond donors (Lipinski definition) is 0. The van der Waals surface area contributed by atoms with Crippen LogP contribution >= 0.6 is 23.2 Å². The quantitative estimate of drug-likeness (QED) is 0.425. The van der Waals surface area contributed by atoms with Crippen molar-refractivity contribution in [1.29, 1.82) is 0 Å². The van der Waals surface area contributed by atoms with Crippen LogP contribution in [0.4, 0.5) is 0 Å². The number of esters is 2.